The van der Waals surface area contributed by atoms with Gasteiger partial charge in [0, 0.05) is 11.1 Å². The minimum Gasteiger partial charge on any atom is -0.322 e. The van der Waals surface area contributed by atoms with E-state index in [0.717, 1.165) is 38.7 Å². The van der Waals surface area contributed by atoms with Crippen molar-refractivity contribution in [3.8, 4) is 6.07 Å². The van der Waals surface area contributed by atoms with E-state index < -0.39 is 5.41 Å². The van der Waals surface area contributed by atoms with Gasteiger partial charge in [-0.05, 0) is 60.9 Å². The Morgan fingerprint density at radius 2 is 2.00 bits per heavy atom. The Morgan fingerprint density at radius 1 is 1.22 bits per heavy atom. The van der Waals surface area contributed by atoms with Crippen LogP contribution < -0.4 is 5.56 Å². The Hall–Kier alpha value is -3.12. The van der Waals surface area contributed by atoms with Crippen molar-refractivity contribution in [1.82, 2.24) is 4.98 Å². The van der Waals surface area contributed by atoms with E-state index in [-0.39, 0.29) is 5.56 Å². The number of aromatic nitrogens is 1. The molecule has 3 aromatic rings. The summed E-state index contributed by atoms with van der Waals surface area (Å²) in [6.07, 6.45) is 1.29. The summed E-state index contributed by atoms with van der Waals surface area (Å²) >= 11 is 0. The van der Waals surface area contributed by atoms with E-state index in [4.69, 9.17) is 0 Å². The molecular formula is C24H24N2O. The van der Waals surface area contributed by atoms with Crippen molar-refractivity contribution in [2.24, 2.45) is 0 Å². The van der Waals surface area contributed by atoms with E-state index in [9.17, 15) is 10.1 Å². The number of benzene rings is 2. The van der Waals surface area contributed by atoms with Gasteiger partial charge in [-0.2, -0.15) is 5.26 Å². The van der Waals surface area contributed by atoms with Crippen molar-refractivity contribution < 1.29 is 0 Å². The highest BCUT2D eigenvalue weighted by Gasteiger charge is 2.27. The minimum absolute atomic E-state index is 0.0602. The van der Waals surface area contributed by atoms with Crippen molar-refractivity contribution >= 4 is 16.5 Å². The Labute approximate surface area is 160 Å². The highest BCUT2D eigenvalue weighted by molar-refractivity contribution is 5.80. The first-order valence-corrected chi connectivity index (χ1v) is 9.19. The van der Waals surface area contributed by atoms with Gasteiger partial charge in [-0.25, -0.2) is 0 Å². The predicted molar refractivity (Wildman–Crippen MR) is 112 cm³/mol. The summed E-state index contributed by atoms with van der Waals surface area (Å²) in [6.45, 7) is 9.89. The predicted octanol–water partition coefficient (Wildman–Crippen LogP) is 5.15. The smallest absolute Gasteiger partial charge is 0.251 e. The second-order valence-corrected chi connectivity index (χ2v) is 7.38. The van der Waals surface area contributed by atoms with Crippen LogP contribution in [0.4, 0.5) is 0 Å². The van der Waals surface area contributed by atoms with Crippen molar-refractivity contribution in [3.05, 3.63) is 87.7 Å². The van der Waals surface area contributed by atoms with E-state index in [2.05, 4.69) is 23.7 Å². The molecular weight excluding hydrogens is 332 g/mol. The molecule has 1 atom stereocenters. The maximum atomic E-state index is 12.2. The third kappa shape index (κ3) is 3.71. The number of aromatic amines is 1. The molecule has 27 heavy (non-hydrogen) atoms. The van der Waals surface area contributed by atoms with Crippen LogP contribution in [0.5, 0.6) is 0 Å². The van der Waals surface area contributed by atoms with Gasteiger partial charge < -0.3 is 4.98 Å². The number of aryl methyl sites for hydroxylation is 1. The Kier molecular flexibility index (Phi) is 5.01. The zero-order valence-electron chi connectivity index (χ0n) is 16.1. The first-order chi connectivity index (χ1) is 12.9. The quantitative estimate of drug-likeness (QED) is 0.687. The summed E-state index contributed by atoms with van der Waals surface area (Å²) in [4.78, 5) is 15.1. The third-order valence-corrected chi connectivity index (χ3v) is 5.17. The van der Waals surface area contributed by atoms with Crippen molar-refractivity contribution in [2.75, 3.05) is 0 Å². The van der Waals surface area contributed by atoms with Crippen LogP contribution in [0.2, 0.25) is 0 Å². The van der Waals surface area contributed by atoms with E-state index >= 15 is 0 Å². The fraction of sp³-hybridized carbons (Fsp3) is 0.250. The second-order valence-electron chi connectivity index (χ2n) is 7.38. The van der Waals surface area contributed by atoms with Gasteiger partial charge in [0.2, 0.25) is 0 Å². The zero-order valence-corrected chi connectivity index (χ0v) is 16.1. The molecule has 1 heterocycles. The largest absolute Gasteiger partial charge is 0.322 e. The van der Waals surface area contributed by atoms with Gasteiger partial charge in [-0.15, -0.1) is 0 Å². The lowest BCUT2D eigenvalue weighted by atomic mass is 9.78. The fourth-order valence-electron chi connectivity index (χ4n) is 3.41. The van der Waals surface area contributed by atoms with Gasteiger partial charge in [0.1, 0.15) is 0 Å². The van der Waals surface area contributed by atoms with Gasteiger partial charge in [0.25, 0.3) is 5.56 Å². The summed E-state index contributed by atoms with van der Waals surface area (Å²) in [7, 11) is 0. The molecule has 0 aliphatic carbocycles. The maximum absolute atomic E-state index is 12.2. The molecule has 0 saturated heterocycles. The SMILES string of the molecule is C=C(C)c1cccc(CC(C)(C#N)c2ccc3cc(CC)c(=O)[nH]c3c2)c1. The first kappa shape index (κ1) is 18.7. The molecule has 0 aliphatic heterocycles. The van der Waals surface area contributed by atoms with Crippen LogP contribution in [0, 0.1) is 11.3 Å². The van der Waals surface area contributed by atoms with Crippen LogP contribution in [0.3, 0.4) is 0 Å². The normalized spacial score (nSPS) is 13.1. The highest BCUT2D eigenvalue weighted by atomic mass is 16.1. The maximum Gasteiger partial charge on any atom is 0.251 e. The third-order valence-electron chi connectivity index (χ3n) is 5.17. The second kappa shape index (κ2) is 7.25. The minimum atomic E-state index is -0.692. The van der Waals surface area contributed by atoms with Gasteiger partial charge in [-0.3, -0.25) is 4.79 Å². The zero-order chi connectivity index (χ0) is 19.6. The molecule has 0 aliphatic rings. The number of nitriles is 1. The molecule has 0 fully saturated rings. The molecule has 0 radical (unpaired) electrons. The van der Waals surface area contributed by atoms with Crippen molar-refractivity contribution in [2.45, 2.75) is 39.0 Å². The van der Waals surface area contributed by atoms with Crippen LogP contribution in [0.15, 0.2) is 59.9 Å². The molecule has 136 valence electrons. The lowest BCUT2D eigenvalue weighted by Crippen LogP contribution is -2.23. The Balaban J connectivity index is 2.03. The Morgan fingerprint density at radius 3 is 2.67 bits per heavy atom. The fourth-order valence-corrected chi connectivity index (χ4v) is 3.41. The summed E-state index contributed by atoms with van der Waals surface area (Å²) in [5, 5.41) is 10.9. The summed E-state index contributed by atoms with van der Waals surface area (Å²) in [6, 6.07) is 18.5. The standard InChI is InChI=1S/C24H24N2O/c1-5-18-12-20-9-10-21(13-22(20)26-23(18)27)24(4,15-25)14-17-7-6-8-19(11-17)16(2)3/h6-13H,2,5,14H2,1,3-4H3,(H,26,27). The average Bonchev–Trinajstić information content (AvgIpc) is 2.67. The van der Waals surface area contributed by atoms with E-state index in [1.54, 1.807) is 0 Å². The Bertz CT molecular complexity index is 1120. The van der Waals surface area contributed by atoms with Gasteiger partial charge in [0.15, 0.2) is 0 Å². The van der Waals surface area contributed by atoms with E-state index in [1.165, 1.54) is 0 Å². The summed E-state index contributed by atoms with van der Waals surface area (Å²) in [5.41, 5.74) is 4.87. The van der Waals surface area contributed by atoms with Crippen LogP contribution in [0.25, 0.3) is 16.5 Å². The molecule has 0 amide bonds. The van der Waals surface area contributed by atoms with Gasteiger partial charge >= 0.3 is 0 Å². The van der Waals surface area contributed by atoms with E-state index in [0.29, 0.717) is 12.8 Å². The monoisotopic (exact) mass is 356 g/mol. The topological polar surface area (TPSA) is 56.6 Å². The molecule has 1 unspecified atom stereocenters. The molecule has 3 heteroatoms. The molecule has 1 N–H and O–H groups in total. The number of hydrogen-bond acceptors (Lipinski definition) is 2. The molecule has 3 rings (SSSR count). The number of fused-ring (bicyclic) bond motifs is 1. The molecule has 0 spiro atoms. The van der Waals surface area contributed by atoms with Crippen LogP contribution in [0.1, 0.15) is 43.0 Å². The number of hydrogen-bond donors (Lipinski definition) is 1. The number of H-pyrrole nitrogens is 1. The van der Waals surface area contributed by atoms with E-state index in [1.807, 2.05) is 63.2 Å². The number of nitrogens with one attached hydrogen (secondary N) is 1. The first-order valence-electron chi connectivity index (χ1n) is 9.19. The molecule has 0 saturated carbocycles. The van der Waals surface area contributed by atoms with Crippen LogP contribution >= 0.6 is 0 Å². The average molecular weight is 356 g/mol. The number of allylic oxidation sites excluding steroid dienone is 1. The van der Waals surface area contributed by atoms with Crippen LogP contribution in [-0.2, 0) is 18.3 Å². The van der Waals surface area contributed by atoms with Gasteiger partial charge in [0.05, 0.1) is 11.5 Å². The molecule has 1 aromatic heterocycles. The molecule has 3 nitrogen and oxygen atoms in total. The lowest BCUT2D eigenvalue weighted by molar-refractivity contribution is 0.607. The number of pyridine rings is 1. The number of rotatable bonds is 5. The highest BCUT2D eigenvalue weighted by Crippen LogP contribution is 2.30. The van der Waals surface area contributed by atoms with Crippen LogP contribution in [-0.4, -0.2) is 4.98 Å². The van der Waals surface area contributed by atoms with Crippen molar-refractivity contribution in [1.29, 1.82) is 5.26 Å². The van der Waals surface area contributed by atoms with Crippen molar-refractivity contribution in [3.63, 3.8) is 0 Å². The summed E-state index contributed by atoms with van der Waals surface area (Å²) in [5.74, 6) is 0. The molecule has 2 aromatic carbocycles. The number of nitrogens with zero attached hydrogens (tertiary/aromatic N) is 1. The summed E-state index contributed by atoms with van der Waals surface area (Å²) < 4.78 is 0. The van der Waals surface area contributed by atoms with Gasteiger partial charge in [-0.1, -0.05) is 55.5 Å². The lowest BCUT2D eigenvalue weighted by Gasteiger charge is -2.23. The molecule has 0 bridgehead atoms.